The van der Waals surface area contributed by atoms with Crippen LogP contribution in [0, 0.1) is 0 Å². The summed E-state index contributed by atoms with van der Waals surface area (Å²) in [5.41, 5.74) is 5.20. The van der Waals surface area contributed by atoms with Crippen molar-refractivity contribution in [3.8, 4) is 0 Å². The van der Waals surface area contributed by atoms with Gasteiger partial charge in [-0.2, -0.15) is 0 Å². The van der Waals surface area contributed by atoms with Crippen LogP contribution in [0.4, 0.5) is 0 Å². The molecule has 16 heavy (non-hydrogen) atoms. The molecule has 0 aliphatic heterocycles. The molecule has 0 bridgehead atoms. The third kappa shape index (κ3) is 6.40. The second-order valence-electron chi connectivity index (χ2n) is 5.11. The molecule has 0 aromatic rings. The predicted molar refractivity (Wildman–Crippen MR) is 61.7 cm³/mol. The van der Waals surface area contributed by atoms with Gasteiger partial charge < -0.3 is 16.4 Å². The van der Waals surface area contributed by atoms with Crippen molar-refractivity contribution in [1.82, 2.24) is 10.6 Å². The third-order valence-corrected chi connectivity index (χ3v) is 2.23. The minimum absolute atomic E-state index is 0.00908. The zero-order chi connectivity index (χ0) is 12.2. The van der Waals surface area contributed by atoms with Crippen molar-refractivity contribution in [2.45, 2.75) is 51.1 Å². The zero-order valence-electron chi connectivity index (χ0n) is 10.0. The number of nitrogens with one attached hydrogen (secondary N) is 2. The molecule has 0 aromatic carbocycles. The van der Waals surface area contributed by atoms with Crippen molar-refractivity contribution in [3.63, 3.8) is 0 Å². The number of amides is 2. The number of carbonyl (C=O) groups is 2. The van der Waals surface area contributed by atoms with Crippen LogP contribution in [0.1, 0.15) is 39.5 Å². The molecule has 0 radical (unpaired) electrons. The summed E-state index contributed by atoms with van der Waals surface area (Å²) >= 11 is 0. The van der Waals surface area contributed by atoms with Crippen LogP contribution in [-0.4, -0.2) is 29.9 Å². The molecular weight excluding hydrogens is 206 g/mol. The van der Waals surface area contributed by atoms with Crippen molar-refractivity contribution in [2.75, 3.05) is 6.54 Å². The summed E-state index contributed by atoms with van der Waals surface area (Å²) in [6.45, 7) is 3.98. The summed E-state index contributed by atoms with van der Waals surface area (Å²) in [6, 6.07) is 0.381. The molecular formula is C11H21N3O2. The number of rotatable bonds is 6. The van der Waals surface area contributed by atoms with Gasteiger partial charge in [-0.3, -0.25) is 9.59 Å². The van der Waals surface area contributed by atoms with Crippen LogP contribution in [0.5, 0.6) is 0 Å². The van der Waals surface area contributed by atoms with Crippen LogP contribution in [0.15, 0.2) is 0 Å². The van der Waals surface area contributed by atoms with Crippen LogP contribution in [0.25, 0.3) is 0 Å². The molecule has 1 rings (SSSR count). The summed E-state index contributed by atoms with van der Waals surface area (Å²) < 4.78 is 0. The van der Waals surface area contributed by atoms with Crippen molar-refractivity contribution in [2.24, 2.45) is 5.73 Å². The average molecular weight is 227 g/mol. The molecule has 1 aliphatic rings. The highest BCUT2D eigenvalue weighted by Gasteiger charge is 2.23. The monoisotopic (exact) mass is 227 g/mol. The number of hydrogen-bond acceptors (Lipinski definition) is 3. The third-order valence-electron chi connectivity index (χ3n) is 2.23. The van der Waals surface area contributed by atoms with Crippen LogP contribution in [0.2, 0.25) is 0 Å². The molecule has 0 heterocycles. The quantitative estimate of drug-likeness (QED) is 0.592. The van der Waals surface area contributed by atoms with E-state index < -0.39 is 5.54 Å². The van der Waals surface area contributed by atoms with Gasteiger partial charge in [-0.1, -0.05) is 0 Å². The Bertz CT molecular complexity index is 267. The lowest BCUT2D eigenvalue weighted by Crippen LogP contribution is -2.40. The highest BCUT2D eigenvalue weighted by atomic mass is 16.2. The SMILES string of the molecule is CC(C)(N)CC(=O)NCCC(=O)NC1CC1. The fourth-order valence-electron chi connectivity index (χ4n) is 1.32. The first-order valence-electron chi connectivity index (χ1n) is 5.72. The second-order valence-corrected chi connectivity index (χ2v) is 5.11. The van der Waals surface area contributed by atoms with Crippen molar-refractivity contribution < 1.29 is 9.59 Å². The van der Waals surface area contributed by atoms with E-state index in [1.165, 1.54) is 0 Å². The first-order chi connectivity index (χ1) is 7.37. The van der Waals surface area contributed by atoms with E-state index >= 15 is 0 Å². The van der Waals surface area contributed by atoms with Gasteiger partial charge >= 0.3 is 0 Å². The summed E-state index contributed by atoms with van der Waals surface area (Å²) in [4.78, 5) is 22.6. The zero-order valence-corrected chi connectivity index (χ0v) is 10.0. The Kier molecular flexibility index (Phi) is 4.29. The van der Waals surface area contributed by atoms with E-state index in [2.05, 4.69) is 10.6 Å². The van der Waals surface area contributed by atoms with Gasteiger partial charge in [-0.15, -0.1) is 0 Å². The molecule has 1 fully saturated rings. The first kappa shape index (κ1) is 13.0. The van der Waals surface area contributed by atoms with Crippen LogP contribution >= 0.6 is 0 Å². The summed E-state index contributed by atoms with van der Waals surface area (Å²) in [7, 11) is 0. The lowest BCUT2D eigenvalue weighted by atomic mass is 10.0. The summed E-state index contributed by atoms with van der Waals surface area (Å²) in [6.07, 6.45) is 2.78. The van der Waals surface area contributed by atoms with E-state index in [4.69, 9.17) is 5.73 Å². The minimum Gasteiger partial charge on any atom is -0.356 e. The Morgan fingerprint density at radius 3 is 2.44 bits per heavy atom. The Balaban J connectivity index is 2.05. The van der Waals surface area contributed by atoms with Crippen LogP contribution in [0.3, 0.4) is 0 Å². The lowest BCUT2D eigenvalue weighted by Gasteiger charge is -2.17. The van der Waals surface area contributed by atoms with Gasteiger partial charge in [0.05, 0.1) is 0 Å². The summed E-state index contributed by atoms with van der Waals surface area (Å²) in [5.74, 6) is -0.0958. The fourth-order valence-corrected chi connectivity index (χ4v) is 1.32. The molecule has 0 atom stereocenters. The van der Waals surface area contributed by atoms with E-state index in [0.29, 0.717) is 19.0 Å². The molecule has 4 N–H and O–H groups in total. The van der Waals surface area contributed by atoms with Gasteiger partial charge in [0, 0.05) is 31.0 Å². The van der Waals surface area contributed by atoms with E-state index in [1.807, 2.05) is 0 Å². The molecule has 5 heteroatoms. The van der Waals surface area contributed by atoms with E-state index in [1.54, 1.807) is 13.8 Å². The molecule has 92 valence electrons. The molecule has 0 spiro atoms. The lowest BCUT2D eigenvalue weighted by molar-refractivity contribution is -0.122. The Morgan fingerprint density at radius 1 is 1.31 bits per heavy atom. The molecule has 5 nitrogen and oxygen atoms in total. The molecule has 2 amide bonds. The normalized spacial score (nSPS) is 15.7. The van der Waals surface area contributed by atoms with E-state index in [9.17, 15) is 9.59 Å². The van der Waals surface area contributed by atoms with Gasteiger partial charge in [-0.25, -0.2) is 0 Å². The maximum absolute atomic E-state index is 11.4. The highest BCUT2D eigenvalue weighted by Crippen LogP contribution is 2.18. The topological polar surface area (TPSA) is 84.2 Å². The smallest absolute Gasteiger partial charge is 0.221 e. The molecule has 0 unspecified atom stereocenters. The van der Waals surface area contributed by atoms with Gasteiger partial charge in [0.1, 0.15) is 0 Å². The van der Waals surface area contributed by atoms with E-state index in [0.717, 1.165) is 12.8 Å². The predicted octanol–water partition coefficient (Wildman–Crippen LogP) is -0.101. The van der Waals surface area contributed by atoms with E-state index in [-0.39, 0.29) is 18.2 Å². The van der Waals surface area contributed by atoms with Gasteiger partial charge in [0.25, 0.3) is 0 Å². The maximum Gasteiger partial charge on any atom is 0.221 e. The first-order valence-corrected chi connectivity index (χ1v) is 5.72. The van der Waals surface area contributed by atoms with Gasteiger partial charge in [-0.05, 0) is 26.7 Å². The van der Waals surface area contributed by atoms with Crippen molar-refractivity contribution in [1.29, 1.82) is 0 Å². The Morgan fingerprint density at radius 2 is 1.94 bits per heavy atom. The van der Waals surface area contributed by atoms with Crippen molar-refractivity contribution >= 4 is 11.8 Å². The Labute approximate surface area is 96.1 Å². The van der Waals surface area contributed by atoms with Crippen LogP contribution in [-0.2, 0) is 9.59 Å². The molecule has 0 saturated heterocycles. The number of carbonyl (C=O) groups excluding carboxylic acids is 2. The minimum atomic E-state index is -0.500. The molecule has 1 aliphatic carbocycles. The second kappa shape index (κ2) is 5.30. The molecule has 1 saturated carbocycles. The Hall–Kier alpha value is -1.10. The largest absolute Gasteiger partial charge is 0.356 e. The van der Waals surface area contributed by atoms with Crippen LogP contribution < -0.4 is 16.4 Å². The average Bonchev–Trinajstić information content (AvgIpc) is 2.84. The van der Waals surface area contributed by atoms with Gasteiger partial charge in [0.2, 0.25) is 11.8 Å². The standard InChI is InChI=1S/C11H21N3O2/c1-11(2,12)7-10(16)13-6-5-9(15)14-8-3-4-8/h8H,3-7,12H2,1-2H3,(H,13,16)(H,14,15). The number of nitrogens with two attached hydrogens (primary N) is 1. The number of hydrogen-bond donors (Lipinski definition) is 3. The molecule has 0 aromatic heterocycles. The van der Waals surface area contributed by atoms with Crippen molar-refractivity contribution in [3.05, 3.63) is 0 Å². The highest BCUT2D eigenvalue weighted by molar-refractivity contribution is 5.79. The maximum atomic E-state index is 11.4. The van der Waals surface area contributed by atoms with Gasteiger partial charge in [0.15, 0.2) is 0 Å². The fraction of sp³-hybridized carbons (Fsp3) is 0.818. The summed E-state index contributed by atoms with van der Waals surface area (Å²) in [5, 5.41) is 5.54.